The van der Waals surface area contributed by atoms with E-state index in [1.54, 1.807) is 24.1 Å². The molecule has 0 aromatic heterocycles. The van der Waals surface area contributed by atoms with Gasteiger partial charge in [0.2, 0.25) is 12.3 Å². The molecule has 0 saturated heterocycles. The Kier molecular flexibility index (Phi) is 13.8. The number of amides is 2. The quantitative estimate of drug-likeness (QED) is 0.275. The summed E-state index contributed by atoms with van der Waals surface area (Å²) >= 11 is 0. The number of hydrogen-bond acceptors (Lipinski definition) is 6. The lowest BCUT2D eigenvalue weighted by Gasteiger charge is -2.31. The number of nitrogens with zero attached hydrogens (tertiary/aromatic N) is 3. The molecule has 2 N–H and O–H groups in total. The van der Waals surface area contributed by atoms with Crippen molar-refractivity contribution in [3.8, 4) is 0 Å². The van der Waals surface area contributed by atoms with Crippen LogP contribution in [-0.2, 0) is 29.1 Å². The minimum atomic E-state index is -2.12. The number of anilines is 1. The lowest BCUT2D eigenvalue weighted by atomic mass is 10.0. The highest BCUT2D eigenvalue weighted by molar-refractivity contribution is 5.97. The highest BCUT2D eigenvalue weighted by Gasteiger charge is 2.27. The van der Waals surface area contributed by atoms with Crippen molar-refractivity contribution in [2.75, 3.05) is 44.7 Å². The van der Waals surface area contributed by atoms with E-state index in [0.717, 1.165) is 23.2 Å². The molecule has 1 aliphatic heterocycles. The Bertz CT molecular complexity index is 1180. The zero-order chi connectivity index (χ0) is 30.5. The van der Waals surface area contributed by atoms with Gasteiger partial charge in [-0.25, -0.2) is 18.2 Å². The number of ketones is 1. The molecule has 3 rings (SSSR count). The van der Waals surface area contributed by atoms with Gasteiger partial charge in [-0.3, -0.25) is 19.4 Å². The highest BCUT2D eigenvalue weighted by atomic mass is 19.3. The number of hydrazine groups is 1. The van der Waals surface area contributed by atoms with Gasteiger partial charge < -0.3 is 15.5 Å². The second-order valence-corrected chi connectivity index (χ2v) is 9.76. The fourth-order valence-electron chi connectivity index (χ4n) is 4.31. The Morgan fingerprint density at radius 2 is 1.66 bits per heavy atom. The molecule has 41 heavy (non-hydrogen) atoms. The van der Waals surface area contributed by atoms with Crippen LogP contribution in [0.3, 0.4) is 0 Å². The van der Waals surface area contributed by atoms with Crippen LogP contribution in [0.1, 0.15) is 61.2 Å². The van der Waals surface area contributed by atoms with Gasteiger partial charge in [0.1, 0.15) is 5.82 Å². The van der Waals surface area contributed by atoms with Gasteiger partial charge in [-0.1, -0.05) is 32.9 Å². The zero-order valence-corrected chi connectivity index (χ0v) is 24.6. The normalized spacial score (nSPS) is 12.4. The first-order chi connectivity index (χ1) is 19.5. The van der Waals surface area contributed by atoms with E-state index in [4.69, 9.17) is 0 Å². The van der Waals surface area contributed by atoms with E-state index >= 15 is 0 Å². The summed E-state index contributed by atoms with van der Waals surface area (Å²) in [5.74, 6) is -0.786. The van der Waals surface area contributed by atoms with Crippen molar-refractivity contribution in [1.82, 2.24) is 20.7 Å². The molecule has 1 heterocycles. The number of carbonyl (C=O) groups excluding carboxylic acids is 3. The van der Waals surface area contributed by atoms with Crippen LogP contribution >= 0.6 is 0 Å². The van der Waals surface area contributed by atoms with Crippen molar-refractivity contribution in [3.05, 3.63) is 64.5 Å². The van der Waals surface area contributed by atoms with Crippen LogP contribution in [-0.4, -0.2) is 73.8 Å². The first-order valence-corrected chi connectivity index (χ1v) is 13.9. The molecular weight excluding hydrogens is 535 g/mol. The third-order valence-corrected chi connectivity index (χ3v) is 6.72. The first kappa shape index (κ1) is 33.8. The number of rotatable bonds is 13. The van der Waals surface area contributed by atoms with Crippen LogP contribution in [0.4, 0.5) is 18.9 Å². The van der Waals surface area contributed by atoms with Crippen LogP contribution < -0.4 is 15.5 Å². The molecule has 0 fully saturated rings. The van der Waals surface area contributed by atoms with Crippen LogP contribution in [0, 0.1) is 5.82 Å². The van der Waals surface area contributed by atoms with E-state index < -0.39 is 6.43 Å². The molecule has 0 radical (unpaired) electrons. The van der Waals surface area contributed by atoms with Gasteiger partial charge in [-0.15, -0.1) is 0 Å². The average molecular weight is 578 g/mol. The van der Waals surface area contributed by atoms with Crippen molar-refractivity contribution in [1.29, 1.82) is 0 Å². The van der Waals surface area contributed by atoms with Crippen molar-refractivity contribution < 1.29 is 27.6 Å². The lowest BCUT2D eigenvalue weighted by molar-refractivity contribution is -0.145. The number of carbonyl (C=O) groups is 3. The van der Waals surface area contributed by atoms with E-state index in [1.807, 2.05) is 31.0 Å². The highest BCUT2D eigenvalue weighted by Crippen LogP contribution is 2.25. The maximum atomic E-state index is 13.6. The summed E-state index contributed by atoms with van der Waals surface area (Å²) in [5, 5.41) is 9.40. The number of alkyl halides is 2. The summed E-state index contributed by atoms with van der Waals surface area (Å²) in [6, 6.07) is 10.1. The summed E-state index contributed by atoms with van der Waals surface area (Å²) in [6.45, 7) is 9.73. The fourth-order valence-corrected chi connectivity index (χ4v) is 4.31. The molecular formula is C30H42F3N5O3. The Labute approximate surface area is 240 Å². The molecule has 0 aliphatic carbocycles. The van der Waals surface area contributed by atoms with Crippen LogP contribution in [0.5, 0.6) is 0 Å². The molecule has 2 aromatic rings. The molecule has 0 spiro atoms. The largest absolute Gasteiger partial charge is 0.353 e. The predicted molar refractivity (Wildman–Crippen MR) is 154 cm³/mol. The number of Topliss-reactive ketones (excluding diaryl/α,β-unsaturated/α-hetero) is 1. The van der Waals surface area contributed by atoms with Crippen LogP contribution in [0.25, 0.3) is 0 Å². The lowest BCUT2D eigenvalue weighted by Crippen LogP contribution is -2.48. The van der Waals surface area contributed by atoms with Crippen molar-refractivity contribution in [2.45, 2.75) is 60.1 Å². The van der Waals surface area contributed by atoms with Crippen molar-refractivity contribution in [3.63, 3.8) is 0 Å². The molecule has 226 valence electrons. The van der Waals surface area contributed by atoms with E-state index in [1.165, 1.54) is 31.0 Å². The van der Waals surface area contributed by atoms with Gasteiger partial charge in [0.25, 0.3) is 5.91 Å². The van der Waals surface area contributed by atoms with E-state index in [0.29, 0.717) is 43.9 Å². The molecule has 0 saturated carbocycles. The summed E-state index contributed by atoms with van der Waals surface area (Å²) in [6.07, 6.45) is -1.44. The minimum Gasteiger partial charge on any atom is -0.353 e. The summed E-state index contributed by atoms with van der Waals surface area (Å²) in [7, 11) is 1.68. The van der Waals surface area contributed by atoms with E-state index in [2.05, 4.69) is 10.6 Å². The maximum Gasteiger partial charge on any atom is 0.256 e. The molecule has 2 aromatic carbocycles. The smallest absolute Gasteiger partial charge is 0.256 e. The van der Waals surface area contributed by atoms with E-state index in [-0.39, 0.29) is 42.9 Å². The summed E-state index contributed by atoms with van der Waals surface area (Å²) in [4.78, 5) is 40.0. The molecule has 0 unspecified atom stereocenters. The molecule has 1 aliphatic rings. The molecule has 11 heteroatoms. The third-order valence-electron chi connectivity index (χ3n) is 6.72. The van der Waals surface area contributed by atoms with E-state index in [9.17, 15) is 27.6 Å². The third kappa shape index (κ3) is 10.5. The second kappa shape index (κ2) is 16.7. The summed E-state index contributed by atoms with van der Waals surface area (Å²) in [5.41, 5.74) is 3.98. The number of benzene rings is 2. The molecule has 8 nitrogen and oxygen atoms in total. The van der Waals surface area contributed by atoms with Gasteiger partial charge >= 0.3 is 0 Å². The SMILES string of the molecule is CCC(F)F.CCNCCNC(=O)CN(CC(=O)N(C)N1Cc2ccc(F)cc2C1)c1ccc(CC)c(C(C)=O)c1. The number of hydrogen-bond donors (Lipinski definition) is 2. The number of likely N-dealkylation sites (N-methyl/N-ethyl adjacent to an activating group) is 2. The standard InChI is InChI=1S/C27H36FN5O3.C3H6F2/c1-5-20-8-10-24(14-25(20)19(3)34)32(17-26(35)30-12-11-29-6-2)18-27(36)31(4)33-15-21-7-9-23(28)13-22(21)16-33;1-2-3(4)5/h7-10,13-14,29H,5-6,11-12,15-18H2,1-4H3,(H,30,35);3H,2H2,1H3. The van der Waals surface area contributed by atoms with Crippen LogP contribution in [0.2, 0.25) is 0 Å². The Morgan fingerprint density at radius 1 is 0.976 bits per heavy atom. The van der Waals surface area contributed by atoms with Gasteiger partial charge in [0, 0.05) is 50.9 Å². The monoisotopic (exact) mass is 577 g/mol. The topological polar surface area (TPSA) is 85.0 Å². The number of fused-ring (bicyclic) bond motifs is 1. The maximum absolute atomic E-state index is 13.6. The predicted octanol–water partition coefficient (Wildman–Crippen LogP) is 4.17. The zero-order valence-electron chi connectivity index (χ0n) is 24.6. The molecule has 0 atom stereocenters. The van der Waals surface area contributed by atoms with Gasteiger partial charge in [-0.05, 0) is 60.8 Å². The molecule has 0 bridgehead atoms. The summed E-state index contributed by atoms with van der Waals surface area (Å²) < 4.78 is 35.2. The average Bonchev–Trinajstić information content (AvgIpc) is 3.37. The number of nitrogens with one attached hydrogen (secondary N) is 2. The first-order valence-electron chi connectivity index (χ1n) is 13.9. The minimum absolute atomic E-state index is 0.0278. The Morgan fingerprint density at radius 3 is 2.27 bits per heavy atom. The number of halogens is 3. The number of aryl methyl sites for hydroxylation is 1. The molecule has 2 amide bonds. The van der Waals surface area contributed by atoms with Gasteiger partial charge in [0.05, 0.1) is 13.1 Å². The second-order valence-electron chi connectivity index (χ2n) is 9.76. The van der Waals surface area contributed by atoms with Gasteiger partial charge in [-0.2, -0.15) is 0 Å². The van der Waals surface area contributed by atoms with Crippen molar-refractivity contribution >= 4 is 23.3 Å². The Balaban J connectivity index is 0.00000108. The fraction of sp³-hybridized carbons (Fsp3) is 0.500. The van der Waals surface area contributed by atoms with Crippen LogP contribution in [0.15, 0.2) is 36.4 Å². The van der Waals surface area contributed by atoms with Crippen molar-refractivity contribution in [2.24, 2.45) is 0 Å². The van der Waals surface area contributed by atoms with Gasteiger partial charge in [0.15, 0.2) is 5.78 Å². The Hall–Kier alpha value is -3.44.